The summed E-state index contributed by atoms with van der Waals surface area (Å²) in [6.45, 7) is 5.66. The molecule has 20 heteroatoms. The third-order valence-electron chi connectivity index (χ3n) is 11.8. The zero-order valence-corrected chi connectivity index (χ0v) is 42.0. The summed E-state index contributed by atoms with van der Waals surface area (Å²) < 4.78 is 6.10. The van der Waals surface area contributed by atoms with E-state index < -0.39 is 0 Å². The van der Waals surface area contributed by atoms with Crippen LogP contribution in [-0.2, 0) is 17.8 Å². The van der Waals surface area contributed by atoms with Gasteiger partial charge in [-0.05, 0) is 67.7 Å². The Morgan fingerprint density at radius 1 is 0.595 bits per heavy atom. The van der Waals surface area contributed by atoms with Gasteiger partial charge in [0.15, 0.2) is 34.4 Å². The molecule has 3 aromatic carbocycles. The van der Waals surface area contributed by atoms with Crippen molar-refractivity contribution in [3.8, 4) is 33.8 Å². The number of amides is 1. The van der Waals surface area contributed by atoms with Crippen molar-refractivity contribution in [1.29, 1.82) is 5.26 Å². The molecule has 0 bridgehead atoms. The smallest absolute Gasteiger partial charge is 0.512 e. The molecule has 0 aliphatic rings. The molecule has 1 amide bonds. The van der Waals surface area contributed by atoms with Crippen LogP contribution < -0.4 is 51.2 Å². The van der Waals surface area contributed by atoms with Gasteiger partial charge in [0.2, 0.25) is 5.91 Å². The maximum atomic E-state index is 11.2. The first-order chi connectivity index (χ1) is 34.2. The van der Waals surface area contributed by atoms with Crippen LogP contribution in [0.15, 0.2) is 135 Å². The van der Waals surface area contributed by atoms with Gasteiger partial charge in [0.05, 0.1) is 42.1 Å². The van der Waals surface area contributed by atoms with Crippen molar-refractivity contribution in [2.24, 2.45) is 5.73 Å². The van der Waals surface area contributed by atoms with Gasteiger partial charge >= 0.3 is 29.6 Å². The van der Waals surface area contributed by atoms with E-state index in [2.05, 4.69) is 133 Å². The van der Waals surface area contributed by atoms with Crippen molar-refractivity contribution in [1.82, 2.24) is 63.0 Å². The van der Waals surface area contributed by atoms with Crippen molar-refractivity contribution >= 4 is 73.0 Å². The Morgan fingerprint density at radius 3 is 1.42 bits per heavy atom. The molecule has 0 saturated carbocycles. The number of nitrogens with zero attached hydrogens (tertiary/aromatic N) is 11. The standard InChI is InChI=1S/C18H20N6.C17H16N6O.C15H13N5.CN.3CH4.Na/c1-19-17-18-22-10-16(24(18)7-6-20-17)12-4-5-15-14(8-12)13(9-21-15)11-23(2)3;1-19-16-17-22-9-14(23(17)5-4-20-16)10-2-3-13-12(6-10)11(8-21-13)7-15(18)24;1-16-14-15-19-9-13(20(15)7-6-18-14)11-2-3-12-10(8-11)4-5-17-12;1-2;;;;/h4-10,21H,11H2,1-3H3,(H,19,20);2-6,8-9,21H,7H2,1H3,(H2,18,24)(H,19,20);2-9,17H,1H3,(H,16,18);;3*1H4;/q;;;-1;;;;+1. The number of hydrogen-bond donors (Lipinski definition) is 7. The molecule has 0 radical (unpaired) electrons. The van der Waals surface area contributed by atoms with E-state index in [0.29, 0.717) is 0 Å². The number of aromatic amines is 3. The molecule has 8 N–H and O–H groups in total. The van der Waals surface area contributed by atoms with Crippen LogP contribution in [0.5, 0.6) is 0 Å². The Kier molecular flexibility index (Phi) is 18.8. The second kappa shape index (κ2) is 24.7. The number of aromatic nitrogens is 12. The molecule has 9 aromatic heterocycles. The van der Waals surface area contributed by atoms with Crippen LogP contribution in [0, 0.1) is 11.8 Å². The van der Waals surface area contributed by atoms with Crippen LogP contribution in [0.4, 0.5) is 17.5 Å². The number of fused-ring (bicyclic) bond motifs is 6. The monoisotopic (exact) mass is 1000 g/mol. The fourth-order valence-corrected chi connectivity index (χ4v) is 8.62. The predicted molar refractivity (Wildman–Crippen MR) is 295 cm³/mol. The Labute approximate surface area is 451 Å². The molecule has 19 nitrogen and oxygen atoms in total. The number of primary amides is 1. The fourth-order valence-electron chi connectivity index (χ4n) is 8.62. The largest absolute Gasteiger partial charge is 1.00 e. The zero-order chi connectivity index (χ0) is 48.9. The van der Waals surface area contributed by atoms with Gasteiger partial charge in [-0.3, -0.25) is 18.0 Å². The molecule has 0 unspecified atom stereocenters. The third-order valence-corrected chi connectivity index (χ3v) is 11.8. The van der Waals surface area contributed by atoms with Crippen molar-refractivity contribution < 1.29 is 34.4 Å². The van der Waals surface area contributed by atoms with Crippen LogP contribution in [0.3, 0.4) is 0 Å². The van der Waals surface area contributed by atoms with Crippen LogP contribution in [0.25, 0.3) is 83.4 Å². The maximum absolute atomic E-state index is 11.2. The van der Waals surface area contributed by atoms with Crippen LogP contribution >= 0.6 is 0 Å². The van der Waals surface area contributed by atoms with E-state index in [4.69, 9.17) is 17.6 Å². The second-order valence-electron chi connectivity index (χ2n) is 16.4. The second-order valence-corrected chi connectivity index (χ2v) is 16.4. The minimum atomic E-state index is -0.346. The van der Waals surface area contributed by atoms with Gasteiger partial charge in [0.25, 0.3) is 0 Å². The van der Waals surface area contributed by atoms with E-state index in [9.17, 15) is 4.79 Å². The van der Waals surface area contributed by atoms with Gasteiger partial charge in [-0.15, -0.1) is 0 Å². The average molecular weight is 1000 g/mol. The van der Waals surface area contributed by atoms with Gasteiger partial charge in [0, 0.05) is 133 Å². The molecule has 12 rings (SSSR count). The van der Waals surface area contributed by atoms with Gasteiger partial charge < -0.3 is 53.4 Å². The average Bonchev–Trinajstić information content (AvgIpc) is 4.27. The number of benzene rings is 3. The number of hydrogen-bond acceptors (Lipinski definition) is 12. The van der Waals surface area contributed by atoms with Crippen molar-refractivity contribution in [3.05, 3.63) is 153 Å². The number of carbonyl (C=O) groups excluding carboxylic acids is 1. The van der Waals surface area contributed by atoms with Gasteiger partial charge in [-0.25, -0.2) is 29.9 Å². The summed E-state index contributed by atoms with van der Waals surface area (Å²) in [5, 5.41) is 18.9. The molecule has 0 aliphatic carbocycles. The van der Waals surface area contributed by atoms with Crippen LogP contribution in [0.2, 0.25) is 0 Å². The van der Waals surface area contributed by atoms with Gasteiger partial charge in [-0.2, -0.15) is 0 Å². The SMILES string of the molecule is C.C.C.CNc1nccn2c(-c3ccc4[nH]cc(CC(N)=O)c4c3)cnc12.CNc1nccn2c(-c3ccc4[nH]cc(CN(C)C)c4c3)cnc12.CNc1nccn2c(-c3ccc4[nH]ccc4c3)cnc12.[C-]#N.[Na+]. The minimum absolute atomic E-state index is 0. The molecule has 0 saturated heterocycles. The predicted octanol–water partition coefficient (Wildman–Crippen LogP) is 6.86. The number of carbonyl (C=O) groups is 1. The summed E-state index contributed by atoms with van der Waals surface area (Å²) in [7, 11) is 9.69. The number of anilines is 3. The summed E-state index contributed by atoms with van der Waals surface area (Å²) in [6, 6.07) is 21.0. The van der Waals surface area contributed by atoms with Gasteiger partial charge in [0.1, 0.15) is 0 Å². The molecule has 9 heterocycles. The number of H-pyrrole nitrogens is 3. The van der Waals surface area contributed by atoms with E-state index in [1.54, 1.807) is 18.6 Å². The number of imidazole rings is 3. The van der Waals surface area contributed by atoms with E-state index in [1.165, 1.54) is 16.3 Å². The first-order valence-electron chi connectivity index (χ1n) is 22.1. The van der Waals surface area contributed by atoms with Crippen LogP contribution in [0.1, 0.15) is 33.4 Å². The van der Waals surface area contributed by atoms with Crippen LogP contribution in [-0.4, -0.2) is 104 Å². The Balaban J connectivity index is 0.000000198. The molecular weight excluding hydrogens is 940 g/mol. The molecule has 0 aliphatic heterocycles. The van der Waals surface area contributed by atoms with Crippen molar-refractivity contribution in [3.63, 3.8) is 0 Å². The van der Waals surface area contributed by atoms with E-state index in [-0.39, 0.29) is 64.2 Å². The Morgan fingerprint density at radius 2 is 1.00 bits per heavy atom. The van der Waals surface area contributed by atoms with E-state index >= 15 is 0 Å². The molecule has 12 aromatic rings. The van der Waals surface area contributed by atoms with Crippen molar-refractivity contribution in [2.75, 3.05) is 51.2 Å². The van der Waals surface area contributed by atoms with Crippen molar-refractivity contribution in [2.45, 2.75) is 35.2 Å². The van der Waals surface area contributed by atoms with Gasteiger partial charge in [-0.1, -0.05) is 40.5 Å². The quantitative estimate of drug-likeness (QED) is 0.0549. The minimum Gasteiger partial charge on any atom is -0.512 e. The summed E-state index contributed by atoms with van der Waals surface area (Å²) >= 11 is 0. The first-order valence-corrected chi connectivity index (χ1v) is 22.1. The Bertz CT molecular complexity index is 3820. The number of rotatable bonds is 10. The summed E-state index contributed by atoms with van der Waals surface area (Å²) in [4.78, 5) is 49.5. The van der Waals surface area contributed by atoms with E-state index in [0.717, 1.165) is 102 Å². The maximum Gasteiger partial charge on any atom is 1.00 e. The van der Waals surface area contributed by atoms with E-state index in [1.807, 2.05) is 97.7 Å². The molecule has 0 atom stereocenters. The topological polar surface area (TPSA) is 244 Å². The molecular formula is C54H61N18NaO. The third kappa shape index (κ3) is 11.1. The number of nitrogens with one attached hydrogen (secondary N) is 6. The molecule has 0 spiro atoms. The summed E-state index contributed by atoms with van der Waals surface area (Å²) in [6.07, 6.45) is 22.7. The molecule has 74 heavy (non-hydrogen) atoms. The summed E-state index contributed by atoms with van der Waals surface area (Å²) in [5.41, 5.74) is 19.6. The zero-order valence-electron chi connectivity index (χ0n) is 40.0. The molecule has 374 valence electrons. The Hall–Kier alpha value is -8.54. The first kappa shape index (κ1) is 56.4. The molecule has 0 fully saturated rings. The summed E-state index contributed by atoms with van der Waals surface area (Å²) in [5.74, 6) is 1.93. The number of nitrogens with two attached hydrogens (primary N) is 1. The normalized spacial score (nSPS) is 10.5. The fraction of sp³-hybridized carbons (Fsp3) is 0.185.